The molecule has 73 heavy (non-hydrogen) atoms. The molecule has 0 heterocycles. The highest BCUT2D eigenvalue weighted by Gasteiger charge is 2.47. The number of carbonyl (C=O) groups is 1. The molecule has 0 radical (unpaired) electrons. The van der Waals surface area contributed by atoms with Gasteiger partial charge in [-0.05, 0) is 24.3 Å². The van der Waals surface area contributed by atoms with E-state index < -0.39 is 206 Å². The standard InChI is InChI=1S/C32H12BF24.C12H11N2OS/c34-25(35,36)13-1-14(26(37,38)39)6-21(5-13)33(22-7-15(27(40,41)42)2-16(8-22)28(43,44)45,23-9-17(29(46,47)48)3-18(10-23)30(49,50)51)24-11-19(31(52,53)54)4-20(12-24)32(55,56)57;13-6-8-16(9-7-14)10-12(15)11-4-2-1-3-5-11/h1-12H;1-5H,8-10H2/q-1;+1. The molecule has 392 valence electrons. The topological polar surface area (TPSA) is 64.7 Å². The van der Waals surface area contributed by atoms with Gasteiger partial charge >= 0.3 is 49.4 Å². The monoisotopic (exact) mass is 1090 g/mol. The lowest BCUT2D eigenvalue weighted by Crippen LogP contribution is -2.75. The molecule has 0 aromatic heterocycles. The maximum atomic E-state index is 14.2. The molecule has 0 spiro atoms. The SMILES string of the molecule is FC(F)(F)c1cc([B-](c2cc(C(F)(F)F)cc(C(F)(F)F)c2)(c2cc(C(F)(F)F)cc(C(F)(F)F)c2)c2cc(C(F)(F)F)cc(C(F)(F)F)c2)cc(C(F)(F)F)c1.N#CC[S+](CC#N)CC(=O)c1ccccc1. The van der Waals surface area contributed by atoms with Crippen molar-refractivity contribution >= 4 is 44.7 Å². The van der Waals surface area contributed by atoms with Gasteiger partial charge in [0.15, 0.2) is 17.3 Å². The molecule has 5 rings (SSSR count). The normalized spacial score (nSPS) is 13.2. The van der Waals surface area contributed by atoms with Crippen molar-refractivity contribution in [3.05, 3.63) is 153 Å². The van der Waals surface area contributed by atoms with Gasteiger partial charge in [0.25, 0.3) is 0 Å². The number of halogens is 24. The van der Waals surface area contributed by atoms with Gasteiger partial charge in [-0.1, -0.05) is 78.9 Å². The van der Waals surface area contributed by atoms with Crippen LogP contribution in [0, 0.1) is 22.7 Å². The fourth-order valence-electron chi connectivity index (χ4n) is 7.30. The summed E-state index contributed by atoms with van der Waals surface area (Å²) >= 11 is 0. The molecule has 29 heteroatoms. The van der Waals surface area contributed by atoms with E-state index in [4.69, 9.17) is 10.5 Å². The second-order valence-corrected chi connectivity index (χ2v) is 17.5. The summed E-state index contributed by atoms with van der Waals surface area (Å²) in [7, 11) is -0.427. The van der Waals surface area contributed by atoms with Gasteiger partial charge in [0.05, 0.1) is 44.5 Å². The van der Waals surface area contributed by atoms with E-state index >= 15 is 0 Å². The van der Waals surface area contributed by atoms with E-state index in [9.17, 15) is 110 Å². The van der Waals surface area contributed by atoms with Crippen LogP contribution in [0.2, 0.25) is 0 Å². The Morgan fingerprint density at radius 1 is 0.370 bits per heavy atom. The van der Waals surface area contributed by atoms with Crippen molar-refractivity contribution in [3.63, 3.8) is 0 Å². The third-order valence-electron chi connectivity index (χ3n) is 10.4. The largest absolute Gasteiger partial charge is 0.416 e. The fraction of sp³-hybridized carbons (Fsp3) is 0.250. The Labute approximate surface area is 396 Å². The van der Waals surface area contributed by atoms with Crippen LogP contribution in [0.3, 0.4) is 0 Å². The highest BCUT2D eigenvalue weighted by atomic mass is 32.2. The molecule has 0 amide bonds. The van der Waals surface area contributed by atoms with Crippen LogP contribution in [0.1, 0.15) is 54.9 Å². The van der Waals surface area contributed by atoms with E-state index in [1.165, 1.54) is 0 Å². The van der Waals surface area contributed by atoms with E-state index in [-0.39, 0.29) is 17.3 Å². The van der Waals surface area contributed by atoms with Gasteiger partial charge in [0.1, 0.15) is 18.3 Å². The van der Waals surface area contributed by atoms with Crippen molar-refractivity contribution in [3.8, 4) is 12.1 Å². The molecule has 0 aliphatic carbocycles. The molecule has 0 unspecified atom stereocenters. The molecule has 0 aliphatic heterocycles. The van der Waals surface area contributed by atoms with Crippen molar-refractivity contribution in [2.45, 2.75) is 49.4 Å². The molecule has 0 bridgehead atoms. The average Bonchev–Trinajstić information content (AvgIpc) is 3.24. The highest BCUT2D eigenvalue weighted by molar-refractivity contribution is 7.97. The van der Waals surface area contributed by atoms with Crippen LogP contribution in [0.5, 0.6) is 0 Å². The third-order valence-corrected chi connectivity index (χ3v) is 12.2. The van der Waals surface area contributed by atoms with Crippen LogP contribution in [0.25, 0.3) is 0 Å². The zero-order valence-corrected chi connectivity index (χ0v) is 36.1. The van der Waals surface area contributed by atoms with Gasteiger partial charge in [0, 0.05) is 16.5 Å². The highest BCUT2D eigenvalue weighted by Crippen LogP contribution is 2.41. The average molecular weight is 1090 g/mol. The smallest absolute Gasteiger partial charge is 0.289 e. The summed E-state index contributed by atoms with van der Waals surface area (Å²) in [6.07, 6.45) is -54.8. The van der Waals surface area contributed by atoms with Gasteiger partial charge in [-0.25, -0.2) is 0 Å². The Kier molecular flexibility index (Phi) is 16.8. The number of rotatable bonds is 9. The molecule has 5 aromatic rings. The molecule has 0 N–H and O–H groups in total. The lowest BCUT2D eigenvalue weighted by Gasteiger charge is -2.46. The number of hydrogen-bond donors (Lipinski definition) is 0. The molecule has 0 aliphatic rings. The van der Waals surface area contributed by atoms with Crippen molar-refractivity contribution in [2.24, 2.45) is 0 Å². The molecular formula is C44H23BF24N2OS. The third kappa shape index (κ3) is 14.4. The summed E-state index contributed by atoms with van der Waals surface area (Å²) in [5.41, 5.74) is -29.6. The number of alkyl halides is 24. The first kappa shape index (κ1) is 59.1. The maximum absolute atomic E-state index is 14.2. The Morgan fingerprint density at radius 2 is 0.575 bits per heavy atom. The summed E-state index contributed by atoms with van der Waals surface area (Å²) in [6.45, 7) is 0. The summed E-state index contributed by atoms with van der Waals surface area (Å²) < 4.78 is 341. The Hall–Kier alpha value is -6.52. The molecule has 0 saturated carbocycles. The Morgan fingerprint density at radius 3 is 0.753 bits per heavy atom. The quantitative estimate of drug-likeness (QED) is 0.0639. The lowest BCUT2D eigenvalue weighted by atomic mass is 9.12. The molecule has 0 atom stereocenters. The Balaban J connectivity index is 0.000000613. The number of carbonyl (C=O) groups excluding carboxylic acids is 1. The molecule has 3 nitrogen and oxygen atoms in total. The minimum Gasteiger partial charge on any atom is -0.289 e. The number of nitrogens with zero attached hydrogens (tertiary/aromatic N) is 2. The van der Waals surface area contributed by atoms with E-state index in [0.29, 0.717) is 11.3 Å². The van der Waals surface area contributed by atoms with Crippen molar-refractivity contribution < 1.29 is 110 Å². The molecular weight excluding hydrogens is 1070 g/mol. The predicted molar refractivity (Wildman–Crippen MR) is 214 cm³/mol. The molecule has 0 saturated heterocycles. The van der Waals surface area contributed by atoms with E-state index in [2.05, 4.69) is 0 Å². The van der Waals surface area contributed by atoms with Crippen LogP contribution in [0.4, 0.5) is 105 Å². The van der Waals surface area contributed by atoms with E-state index in [1.54, 1.807) is 24.3 Å². The second-order valence-electron chi connectivity index (χ2n) is 15.4. The van der Waals surface area contributed by atoms with Gasteiger partial charge in [-0.3, -0.25) is 4.79 Å². The first-order valence-corrected chi connectivity index (χ1v) is 21.1. The zero-order valence-electron chi connectivity index (χ0n) is 35.3. The van der Waals surface area contributed by atoms with Crippen LogP contribution >= 0.6 is 0 Å². The van der Waals surface area contributed by atoms with Gasteiger partial charge in [-0.15, -0.1) is 0 Å². The first-order chi connectivity index (χ1) is 33.0. The maximum Gasteiger partial charge on any atom is 0.416 e. The predicted octanol–water partition coefficient (Wildman–Crippen LogP) is 12.7. The van der Waals surface area contributed by atoms with Crippen LogP contribution in [-0.2, 0) is 60.3 Å². The zero-order chi connectivity index (χ0) is 55.7. The van der Waals surface area contributed by atoms with Crippen molar-refractivity contribution in [1.82, 2.24) is 0 Å². The molecule has 5 aromatic carbocycles. The fourth-order valence-corrected chi connectivity index (χ4v) is 8.51. The summed E-state index contributed by atoms with van der Waals surface area (Å²) in [6, 6.07) is 4.19. The lowest BCUT2D eigenvalue weighted by molar-refractivity contribution is -0.144. The van der Waals surface area contributed by atoms with Gasteiger partial charge in [0.2, 0.25) is 5.78 Å². The first-order valence-electron chi connectivity index (χ1n) is 19.4. The second kappa shape index (κ2) is 20.8. The minimum atomic E-state index is -6.13. The van der Waals surface area contributed by atoms with Crippen LogP contribution in [-0.4, -0.2) is 29.2 Å². The van der Waals surface area contributed by atoms with Gasteiger partial charge < -0.3 is 0 Å². The number of ketones is 1. The van der Waals surface area contributed by atoms with E-state index in [1.807, 2.05) is 18.2 Å². The van der Waals surface area contributed by atoms with Crippen LogP contribution in [0.15, 0.2) is 103 Å². The summed E-state index contributed by atoms with van der Waals surface area (Å²) in [5, 5.41) is 17.2. The van der Waals surface area contributed by atoms with E-state index in [0.717, 1.165) is 0 Å². The molecule has 0 fully saturated rings. The van der Waals surface area contributed by atoms with Gasteiger partial charge in [-0.2, -0.15) is 138 Å². The number of nitriles is 2. The minimum absolute atomic E-state index is 0.00873. The van der Waals surface area contributed by atoms with Crippen molar-refractivity contribution in [2.75, 3.05) is 17.3 Å². The Bertz CT molecular complexity index is 2430. The number of benzene rings is 5. The number of hydrogen-bond acceptors (Lipinski definition) is 3. The number of Topliss-reactive ketones (excluding diaryl/α,β-unsaturated/α-hetero) is 1. The van der Waals surface area contributed by atoms with Crippen LogP contribution < -0.4 is 21.9 Å². The van der Waals surface area contributed by atoms with Crippen molar-refractivity contribution in [1.29, 1.82) is 10.5 Å². The summed E-state index contributed by atoms with van der Waals surface area (Å²) in [5.74, 6) is 0.873. The summed E-state index contributed by atoms with van der Waals surface area (Å²) in [4.78, 5) is 11.8.